The van der Waals surface area contributed by atoms with E-state index in [-0.39, 0.29) is 0 Å². The van der Waals surface area contributed by atoms with Gasteiger partial charge in [-0.1, -0.05) is 18.2 Å². The van der Waals surface area contributed by atoms with Gasteiger partial charge in [0, 0.05) is 13.1 Å². The molecule has 0 saturated carbocycles. The zero-order chi connectivity index (χ0) is 16.1. The highest BCUT2D eigenvalue weighted by Crippen LogP contribution is 2.19. The summed E-state index contributed by atoms with van der Waals surface area (Å²) in [5, 5.41) is 10.1. The number of ether oxygens (including phenoxy) is 1. The fourth-order valence-corrected chi connectivity index (χ4v) is 2.27. The van der Waals surface area contributed by atoms with Crippen LogP contribution in [0.1, 0.15) is 17.2 Å². The standard InChI is InChI=1S/C17H19F2NO2/c1-20(10-12-4-3-5-14(8-12)22-2)11-17(21)13-6-7-15(18)16(19)9-13/h3-9,17,21H,10-11H2,1-2H3. The summed E-state index contributed by atoms with van der Waals surface area (Å²) in [6.45, 7) is 0.917. The largest absolute Gasteiger partial charge is 0.497 e. The molecule has 1 unspecified atom stereocenters. The van der Waals surface area contributed by atoms with Crippen molar-refractivity contribution in [2.24, 2.45) is 0 Å². The average Bonchev–Trinajstić information content (AvgIpc) is 2.50. The molecule has 2 aromatic rings. The molecule has 0 heterocycles. The smallest absolute Gasteiger partial charge is 0.159 e. The molecule has 3 nitrogen and oxygen atoms in total. The van der Waals surface area contributed by atoms with Crippen LogP contribution in [0.4, 0.5) is 8.78 Å². The maximum atomic E-state index is 13.2. The fraction of sp³-hybridized carbons (Fsp3) is 0.294. The number of benzene rings is 2. The summed E-state index contributed by atoms with van der Waals surface area (Å²) in [5.74, 6) is -1.10. The van der Waals surface area contributed by atoms with Crippen LogP contribution in [0.2, 0.25) is 0 Å². The van der Waals surface area contributed by atoms with E-state index in [4.69, 9.17) is 4.74 Å². The molecule has 0 saturated heterocycles. The Kier molecular flexibility index (Phi) is 5.46. The van der Waals surface area contributed by atoms with E-state index in [9.17, 15) is 13.9 Å². The molecule has 0 fully saturated rings. The summed E-state index contributed by atoms with van der Waals surface area (Å²) in [7, 11) is 3.46. The lowest BCUT2D eigenvalue weighted by molar-refractivity contribution is 0.123. The highest BCUT2D eigenvalue weighted by atomic mass is 19.2. The highest BCUT2D eigenvalue weighted by Gasteiger charge is 2.13. The molecule has 0 radical (unpaired) electrons. The molecule has 1 N–H and O–H groups in total. The van der Waals surface area contributed by atoms with Gasteiger partial charge in [0.2, 0.25) is 0 Å². The number of hydrogen-bond acceptors (Lipinski definition) is 3. The summed E-state index contributed by atoms with van der Waals surface area (Å²) < 4.78 is 31.3. The molecule has 0 aromatic heterocycles. The lowest BCUT2D eigenvalue weighted by atomic mass is 10.1. The van der Waals surface area contributed by atoms with Crippen LogP contribution >= 0.6 is 0 Å². The fourth-order valence-electron chi connectivity index (χ4n) is 2.27. The van der Waals surface area contributed by atoms with Gasteiger partial charge in [-0.2, -0.15) is 0 Å². The van der Waals surface area contributed by atoms with Crippen molar-refractivity contribution in [1.29, 1.82) is 0 Å². The normalized spacial score (nSPS) is 12.5. The van der Waals surface area contributed by atoms with E-state index >= 15 is 0 Å². The van der Waals surface area contributed by atoms with Crippen molar-refractivity contribution in [3.8, 4) is 5.75 Å². The number of likely N-dealkylation sites (N-methyl/N-ethyl adjacent to an activating group) is 1. The Morgan fingerprint density at radius 2 is 1.91 bits per heavy atom. The van der Waals surface area contributed by atoms with Gasteiger partial charge in [-0.05, 0) is 42.4 Å². The summed E-state index contributed by atoms with van der Waals surface area (Å²) in [5.41, 5.74) is 1.40. The van der Waals surface area contributed by atoms with Crippen LogP contribution in [0.5, 0.6) is 5.75 Å². The quantitative estimate of drug-likeness (QED) is 0.890. The van der Waals surface area contributed by atoms with Crippen LogP contribution in [0.3, 0.4) is 0 Å². The summed E-state index contributed by atoms with van der Waals surface area (Å²) in [6, 6.07) is 11.1. The minimum absolute atomic E-state index is 0.308. The zero-order valence-corrected chi connectivity index (χ0v) is 12.6. The first-order chi connectivity index (χ1) is 10.5. The van der Waals surface area contributed by atoms with Gasteiger partial charge in [-0.3, -0.25) is 4.90 Å². The Bertz CT molecular complexity index is 634. The molecule has 2 aromatic carbocycles. The molecule has 0 spiro atoms. The van der Waals surface area contributed by atoms with E-state index in [1.165, 1.54) is 6.07 Å². The molecule has 0 aliphatic heterocycles. The average molecular weight is 307 g/mol. The molecular weight excluding hydrogens is 288 g/mol. The minimum Gasteiger partial charge on any atom is -0.497 e. The zero-order valence-electron chi connectivity index (χ0n) is 12.6. The second-order valence-corrected chi connectivity index (χ2v) is 5.24. The van der Waals surface area contributed by atoms with Gasteiger partial charge in [0.1, 0.15) is 5.75 Å². The third-order valence-electron chi connectivity index (χ3n) is 3.40. The minimum atomic E-state index is -0.952. The van der Waals surface area contributed by atoms with Crippen LogP contribution in [-0.4, -0.2) is 30.7 Å². The maximum absolute atomic E-state index is 13.2. The van der Waals surface area contributed by atoms with E-state index in [2.05, 4.69) is 0 Å². The molecule has 22 heavy (non-hydrogen) atoms. The van der Waals surface area contributed by atoms with Crippen LogP contribution in [0, 0.1) is 11.6 Å². The highest BCUT2D eigenvalue weighted by molar-refractivity contribution is 5.28. The molecule has 0 amide bonds. The molecule has 2 rings (SSSR count). The molecular formula is C17H19F2NO2. The van der Waals surface area contributed by atoms with Crippen molar-refractivity contribution >= 4 is 0 Å². The maximum Gasteiger partial charge on any atom is 0.159 e. The number of aliphatic hydroxyl groups excluding tert-OH is 1. The SMILES string of the molecule is COc1cccc(CN(C)CC(O)c2ccc(F)c(F)c2)c1. The number of aliphatic hydroxyl groups is 1. The molecule has 0 aliphatic rings. The summed E-state index contributed by atoms with van der Waals surface area (Å²) >= 11 is 0. The van der Waals surface area contributed by atoms with Gasteiger partial charge in [-0.15, -0.1) is 0 Å². The van der Waals surface area contributed by atoms with Crippen LogP contribution < -0.4 is 4.74 Å². The Balaban J connectivity index is 1.98. The Morgan fingerprint density at radius 1 is 1.14 bits per heavy atom. The third-order valence-corrected chi connectivity index (χ3v) is 3.40. The number of methoxy groups -OCH3 is 1. The van der Waals surface area contributed by atoms with Gasteiger partial charge in [0.15, 0.2) is 11.6 Å². The number of rotatable bonds is 6. The van der Waals surface area contributed by atoms with Crippen molar-refractivity contribution in [2.45, 2.75) is 12.6 Å². The second-order valence-electron chi connectivity index (χ2n) is 5.24. The summed E-state index contributed by atoms with van der Waals surface area (Å²) in [4.78, 5) is 1.90. The first kappa shape index (κ1) is 16.4. The monoisotopic (exact) mass is 307 g/mol. The van der Waals surface area contributed by atoms with Gasteiger partial charge in [-0.25, -0.2) is 8.78 Å². The van der Waals surface area contributed by atoms with E-state index in [1.807, 2.05) is 36.2 Å². The summed E-state index contributed by atoms with van der Waals surface area (Å²) in [6.07, 6.45) is -0.884. The van der Waals surface area contributed by atoms with Crippen LogP contribution in [0.25, 0.3) is 0 Å². The second kappa shape index (κ2) is 7.33. The van der Waals surface area contributed by atoms with Crippen molar-refractivity contribution in [1.82, 2.24) is 4.90 Å². The topological polar surface area (TPSA) is 32.7 Å². The number of hydrogen-bond donors (Lipinski definition) is 1. The molecule has 1 atom stereocenters. The van der Waals surface area contributed by atoms with Crippen molar-refractivity contribution in [3.63, 3.8) is 0 Å². The third kappa shape index (κ3) is 4.26. The number of halogens is 2. The predicted octanol–water partition coefficient (Wildman–Crippen LogP) is 3.14. The Morgan fingerprint density at radius 3 is 2.59 bits per heavy atom. The Hall–Kier alpha value is -1.98. The van der Waals surface area contributed by atoms with E-state index < -0.39 is 17.7 Å². The molecule has 0 aliphatic carbocycles. The van der Waals surface area contributed by atoms with E-state index in [1.54, 1.807) is 7.11 Å². The predicted molar refractivity (Wildman–Crippen MR) is 80.6 cm³/mol. The van der Waals surface area contributed by atoms with E-state index in [0.717, 1.165) is 23.4 Å². The van der Waals surface area contributed by atoms with Gasteiger partial charge >= 0.3 is 0 Å². The van der Waals surface area contributed by atoms with Gasteiger partial charge in [0.05, 0.1) is 13.2 Å². The van der Waals surface area contributed by atoms with Crippen LogP contribution in [-0.2, 0) is 6.54 Å². The first-order valence-corrected chi connectivity index (χ1v) is 6.94. The van der Waals surface area contributed by atoms with Crippen molar-refractivity contribution in [3.05, 3.63) is 65.2 Å². The molecule has 0 bridgehead atoms. The van der Waals surface area contributed by atoms with Crippen molar-refractivity contribution in [2.75, 3.05) is 20.7 Å². The van der Waals surface area contributed by atoms with Crippen molar-refractivity contribution < 1.29 is 18.6 Å². The van der Waals surface area contributed by atoms with E-state index in [0.29, 0.717) is 18.7 Å². The van der Waals surface area contributed by atoms with Gasteiger partial charge < -0.3 is 9.84 Å². The first-order valence-electron chi connectivity index (χ1n) is 6.94. The van der Waals surface area contributed by atoms with Gasteiger partial charge in [0.25, 0.3) is 0 Å². The van der Waals surface area contributed by atoms with Crippen LogP contribution in [0.15, 0.2) is 42.5 Å². The molecule has 118 valence electrons. The lowest BCUT2D eigenvalue weighted by Crippen LogP contribution is -2.24. The Labute approximate surface area is 128 Å². The molecule has 5 heteroatoms. The lowest BCUT2D eigenvalue weighted by Gasteiger charge is -2.21. The number of nitrogens with zero attached hydrogens (tertiary/aromatic N) is 1.